The maximum absolute atomic E-state index is 13.1. The fraction of sp³-hybridized carbons (Fsp3) is 0.870. The van der Waals surface area contributed by atoms with Gasteiger partial charge in [-0.05, 0) is 71.1 Å². The molecule has 1 aliphatic heterocycles. The minimum Gasteiger partial charge on any atom is -0.460 e. The SMILES string of the molecule is C[C@H](NC(=O)OC(C)(C)C)C(=O)N1CCC[C@H]1C(=O)OC1CC2CCC1(C)C2(C)C. The van der Waals surface area contributed by atoms with E-state index in [1.165, 1.54) is 6.42 Å². The Labute approximate surface area is 180 Å². The number of hydrogen-bond donors (Lipinski definition) is 1. The zero-order chi connectivity index (χ0) is 22.5. The third kappa shape index (κ3) is 4.04. The Balaban J connectivity index is 1.61. The fourth-order valence-corrected chi connectivity index (χ4v) is 5.60. The second kappa shape index (κ2) is 7.72. The molecule has 7 nitrogen and oxygen atoms in total. The molecule has 0 spiro atoms. The first-order valence-electron chi connectivity index (χ1n) is 11.3. The summed E-state index contributed by atoms with van der Waals surface area (Å²) in [5, 5.41) is 2.58. The second-order valence-corrected chi connectivity index (χ2v) is 11.1. The number of nitrogens with one attached hydrogen (secondary N) is 1. The molecule has 5 atom stereocenters. The second-order valence-electron chi connectivity index (χ2n) is 11.1. The Morgan fingerprint density at radius 2 is 1.80 bits per heavy atom. The van der Waals surface area contributed by atoms with Crippen LogP contribution in [0.2, 0.25) is 0 Å². The highest BCUT2D eigenvalue weighted by atomic mass is 16.6. The number of fused-ring (bicyclic) bond motifs is 2. The molecule has 3 fully saturated rings. The molecule has 0 aromatic rings. The van der Waals surface area contributed by atoms with Crippen LogP contribution in [0.25, 0.3) is 0 Å². The zero-order valence-electron chi connectivity index (χ0n) is 19.5. The molecule has 2 saturated carbocycles. The van der Waals surface area contributed by atoms with Crippen molar-refractivity contribution >= 4 is 18.0 Å². The van der Waals surface area contributed by atoms with Crippen LogP contribution in [0.5, 0.6) is 0 Å². The molecule has 0 aromatic heterocycles. The van der Waals surface area contributed by atoms with Crippen LogP contribution in [0.1, 0.15) is 80.6 Å². The van der Waals surface area contributed by atoms with Crippen LogP contribution in [0.3, 0.4) is 0 Å². The summed E-state index contributed by atoms with van der Waals surface area (Å²) in [7, 11) is 0. The van der Waals surface area contributed by atoms with Gasteiger partial charge in [0.1, 0.15) is 23.8 Å². The third-order valence-corrected chi connectivity index (χ3v) is 7.88. The summed E-state index contributed by atoms with van der Waals surface area (Å²) in [5.74, 6) is -0.000601. The first-order valence-corrected chi connectivity index (χ1v) is 11.3. The molecule has 2 aliphatic carbocycles. The quantitative estimate of drug-likeness (QED) is 0.699. The van der Waals surface area contributed by atoms with Crippen molar-refractivity contribution in [1.29, 1.82) is 0 Å². The van der Waals surface area contributed by atoms with Gasteiger partial charge < -0.3 is 19.7 Å². The molecule has 7 heteroatoms. The molecular weight excluding hydrogens is 384 g/mol. The van der Waals surface area contributed by atoms with Gasteiger partial charge in [0.05, 0.1) is 0 Å². The van der Waals surface area contributed by atoms with Crippen LogP contribution in [-0.2, 0) is 19.1 Å². The van der Waals surface area contributed by atoms with E-state index in [1.54, 1.807) is 32.6 Å². The highest BCUT2D eigenvalue weighted by Gasteiger charge is 2.63. The fourth-order valence-electron chi connectivity index (χ4n) is 5.60. The lowest BCUT2D eigenvalue weighted by molar-refractivity contribution is -0.165. The van der Waals surface area contributed by atoms with Crippen molar-refractivity contribution in [1.82, 2.24) is 10.2 Å². The van der Waals surface area contributed by atoms with E-state index < -0.39 is 23.8 Å². The molecule has 3 rings (SSSR count). The van der Waals surface area contributed by atoms with Gasteiger partial charge in [-0.15, -0.1) is 0 Å². The van der Waals surface area contributed by atoms with Crippen molar-refractivity contribution in [3.63, 3.8) is 0 Å². The van der Waals surface area contributed by atoms with E-state index >= 15 is 0 Å². The van der Waals surface area contributed by atoms with Crippen LogP contribution in [0.4, 0.5) is 4.79 Å². The van der Waals surface area contributed by atoms with Crippen molar-refractivity contribution in [3.8, 4) is 0 Å². The van der Waals surface area contributed by atoms with Gasteiger partial charge in [0, 0.05) is 12.0 Å². The van der Waals surface area contributed by atoms with E-state index in [2.05, 4.69) is 26.1 Å². The molecule has 2 bridgehead atoms. The number of carbonyl (C=O) groups is 3. The van der Waals surface area contributed by atoms with Crippen molar-refractivity contribution in [3.05, 3.63) is 0 Å². The van der Waals surface area contributed by atoms with Gasteiger partial charge in [-0.1, -0.05) is 20.8 Å². The average Bonchev–Trinajstić information content (AvgIpc) is 3.22. The van der Waals surface area contributed by atoms with E-state index in [0.717, 1.165) is 19.3 Å². The number of esters is 1. The zero-order valence-corrected chi connectivity index (χ0v) is 19.5. The van der Waals surface area contributed by atoms with E-state index in [4.69, 9.17) is 9.47 Å². The van der Waals surface area contributed by atoms with Crippen molar-refractivity contribution in [2.45, 2.75) is 104 Å². The summed E-state index contributed by atoms with van der Waals surface area (Å²) >= 11 is 0. The summed E-state index contributed by atoms with van der Waals surface area (Å²) in [6.07, 6.45) is 3.80. The molecule has 170 valence electrons. The van der Waals surface area contributed by atoms with Gasteiger partial charge in [-0.3, -0.25) is 4.79 Å². The third-order valence-electron chi connectivity index (χ3n) is 7.88. The van der Waals surface area contributed by atoms with Crippen molar-refractivity contribution < 1.29 is 23.9 Å². The first kappa shape index (κ1) is 22.9. The number of nitrogens with zero attached hydrogens (tertiary/aromatic N) is 1. The van der Waals surface area contributed by atoms with Crippen LogP contribution in [0, 0.1) is 16.7 Å². The molecule has 3 unspecified atom stereocenters. The summed E-state index contributed by atoms with van der Waals surface area (Å²) in [6, 6.07) is -1.35. The normalized spacial score (nSPS) is 33.3. The lowest BCUT2D eigenvalue weighted by Crippen LogP contribution is -2.52. The lowest BCUT2D eigenvalue weighted by atomic mass is 9.70. The van der Waals surface area contributed by atoms with Crippen LogP contribution in [-0.4, -0.2) is 53.2 Å². The van der Waals surface area contributed by atoms with Gasteiger partial charge >= 0.3 is 12.1 Å². The number of rotatable bonds is 4. The number of alkyl carbamates (subject to hydrolysis) is 1. The monoisotopic (exact) mass is 422 g/mol. The average molecular weight is 423 g/mol. The maximum Gasteiger partial charge on any atom is 0.408 e. The van der Waals surface area contributed by atoms with Crippen molar-refractivity contribution in [2.24, 2.45) is 16.7 Å². The Morgan fingerprint density at radius 1 is 1.13 bits per heavy atom. The highest BCUT2D eigenvalue weighted by Crippen LogP contribution is 2.66. The predicted molar refractivity (Wildman–Crippen MR) is 113 cm³/mol. The van der Waals surface area contributed by atoms with E-state index in [0.29, 0.717) is 18.9 Å². The summed E-state index contributed by atoms with van der Waals surface area (Å²) in [5.41, 5.74) is -0.487. The standard InChI is InChI=1S/C23H38N2O5/c1-14(24-20(28)30-21(2,3)4)18(26)25-12-8-9-16(25)19(27)29-17-13-15-10-11-23(17,7)22(15,5)6/h14-17H,8-13H2,1-7H3,(H,24,28)/t14-,15?,16-,17?,23?/m0/s1. The molecule has 30 heavy (non-hydrogen) atoms. The molecule has 3 aliphatic rings. The molecule has 1 saturated heterocycles. The van der Waals surface area contributed by atoms with Crippen LogP contribution < -0.4 is 5.32 Å². The summed E-state index contributed by atoms with van der Waals surface area (Å²) in [6.45, 7) is 14.2. The molecule has 0 radical (unpaired) electrons. The summed E-state index contributed by atoms with van der Waals surface area (Å²) in [4.78, 5) is 39.6. The van der Waals surface area contributed by atoms with Gasteiger partial charge in [-0.2, -0.15) is 0 Å². The van der Waals surface area contributed by atoms with Crippen LogP contribution in [0.15, 0.2) is 0 Å². The van der Waals surface area contributed by atoms with E-state index in [9.17, 15) is 14.4 Å². The number of amides is 2. The minimum absolute atomic E-state index is 0.00761. The molecule has 1 heterocycles. The largest absolute Gasteiger partial charge is 0.460 e. The molecule has 2 amide bonds. The van der Waals surface area contributed by atoms with E-state index in [-0.39, 0.29) is 28.8 Å². The Bertz CT molecular complexity index is 713. The Hall–Kier alpha value is -1.79. The number of likely N-dealkylation sites (tertiary alicyclic amines) is 1. The van der Waals surface area contributed by atoms with E-state index in [1.807, 2.05) is 0 Å². The Morgan fingerprint density at radius 3 is 2.33 bits per heavy atom. The summed E-state index contributed by atoms with van der Waals surface area (Å²) < 4.78 is 11.3. The Kier molecular flexibility index (Phi) is 5.89. The predicted octanol–water partition coefficient (Wildman–Crippen LogP) is 3.65. The molecule has 0 aromatic carbocycles. The van der Waals surface area contributed by atoms with Gasteiger partial charge in [0.2, 0.25) is 5.91 Å². The number of ether oxygens (including phenoxy) is 2. The number of carbonyl (C=O) groups excluding carboxylic acids is 3. The topological polar surface area (TPSA) is 84.9 Å². The van der Waals surface area contributed by atoms with Gasteiger partial charge in [-0.25, -0.2) is 9.59 Å². The van der Waals surface area contributed by atoms with Gasteiger partial charge in [0.25, 0.3) is 0 Å². The molecule has 1 N–H and O–H groups in total. The first-order chi connectivity index (χ1) is 13.8. The minimum atomic E-state index is -0.771. The van der Waals surface area contributed by atoms with Gasteiger partial charge in [0.15, 0.2) is 0 Å². The highest BCUT2D eigenvalue weighted by molar-refractivity contribution is 5.90. The number of hydrogen-bond acceptors (Lipinski definition) is 5. The smallest absolute Gasteiger partial charge is 0.408 e. The lowest BCUT2D eigenvalue weighted by Gasteiger charge is -2.39. The maximum atomic E-state index is 13.1. The molecular formula is C23H38N2O5. The van der Waals surface area contributed by atoms with Crippen LogP contribution >= 0.6 is 0 Å². The van der Waals surface area contributed by atoms with Crippen molar-refractivity contribution in [2.75, 3.05) is 6.54 Å².